The van der Waals surface area contributed by atoms with Crippen molar-refractivity contribution in [1.82, 2.24) is 0 Å². The fourth-order valence-electron chi connectivity index (χ4n) is 1.81. The SMILES string of the molecule is CC(C)(CC(N)=O)Nc1c(Cl)cc([N+](=O)[O-])cc1C(=O)O. The van der Waals surface area contributed by atoms with Crippen molar-refractivity contribution in [2.75, 3.05) is 5.32 Å². The molecule has 0 spiro atoms. The standard InChI is InChI=1S/C12H14ClN3O5/c1-12(2,5-9(14)17)15-10-7(11(18)19)3-6(16(20)21)4-8(10)13/h3-4,15H,5H2,1-2H3,(H2,14,17)(H,18,19). The zero-order valence-corrected chi connectivity index (χ0v) is 12.1. The van der Waals surface area contributed by atoms with E-state index in [2.05, 4.69) is 5.32 Å². The van der Waals surface area contributed by atoms with Crippen LogP contribution >= 0.6 is 11.6 Å². The van der Waals surface area contributed by atoms with Gasteiger partial charge in [-0.15, -0.1) is 0 Å². The van der Waals surface area contributed by atoms with Gasteiger partial charge in [-0.25, -0.2) is 4.79 Å². The number of rotatable bonds is 6. The summed E-state index contributed by atoms with van der Waals surface area (Å²) in [4.78, 5) is 32.2. The number of primary amides is 1. The van der Waals surface area contributed by atoms with Gasteiger partial charge >= 0.3 is 5.97 Å². The normalized spacial score (nSPS) is 11.0. The molecule has 9 heteroatoms. The van der Waals surface area contributed by atoms with Gasteiger partial charge in [0.2, 0.25) is 5.91 Å². The van der Waals surface area contributed by atoms with E-state index >= 15 is 0 Å². The van der Waals surface area contributed by atoms with E-state index in [1.54, 1.807) is 13.8 Å². The summed E-state index contributed by atoms with van der Waals surface area (Å²) in [6, 6.07) is 1.94. The van der Waals surface area contributed by atoms with Crippen LogP contribution in [0.3, 0.4) is 0 Å². The maximum atomic E-state index is 11.2. The summed E-state index contributed by atoms with van der Waals surface area (Å²) >= 11 is 5.92. The van der Waals surface area contributed by atoms with Gasteiger partial charge in [0, 0.05) is 24.1 Å². The van der Waals surface area contributed by atoms with Crippen LogP contribution in [0.2, 0.25) is 5.02 Å². The van der Waals surface area contributed by atoms with E-state index in [1.165, 1.54) is 0 Å². The molecule has 0 heterocycles. The van der Waals surface area contributed by atoms with Gasteiger partial charge < -0.3 is 16.2 Å². The predicted molar refractivity (Wildman–Crippen MR) is 76.6 cm³/mol. The molecule has 1 aromatic rings. The van der Waals surface area contributed by atoms with Crippen LogP contribution in [0.1, 0.15) is 30.6 Å². The molecular weight excluding hydrogens is 302 g/mol. The summed E-state index contributed by atoms with van der Waals surface area (Å²) in [5.41, 5.74) is 3.46. The lowest BCUT2D eigenvalue weighted by Crippen LogP contribution is -2.36. The molecule has 0 fully saturated rings. The van der Waals surface area contributed by atoms with Gasteiger partial charge in [0.1, 0.15) is 0 Å². The number of non-ortho nitro benzene ring substituents is 1. The van der Waals surface area contributed by atoms with E-state index in [0.717, 1.165) is 12.1 Å². The molecule has 0 aliphatic rings. The Morgan fingerprint density at radius 1 is 1.48 bits per heavy atom. The maximum Gasteiger partial charge on any atom is 0.338 e. The first kappa shape index (κ1) is 16.7. The number of hydrogen-bond acceptors (Lipinski definition) is 5. The third-order valence-corrected chi connectivity index (χ3v) is 2.89. The minimum atomic E-state index is -1.38. The Labute approximate surface area is 125 Å². The van der Waals surface area contributed by atoms with Crippen LogP contribution < -0.4 is 11.1 Å². The van der Waals surface area contributed by atoms with Gasteiger partial charge in [-0.3, -0.25) is 14.9 Å². The summed E-state index contributed by atoms with van der Waals surface area (Å²) in [7, 11) is 0. The molecule has 21 heavy (non-hydrogen) atoms. The summed E-state index contributed by atoms with van der Waals surface area (Å²) in [5.74, 6) is -1.96. The third-order valence-electron chi connectivity index (χ3n) is 2.60. The van der Waals surface area contributed by atoms with Gasteiger partial charge in [0.05, 0.1) is 21.2 Å². The lowest BCUT2D eigenvalue weighted by Gasteiger charge is -2.27. The minimum absolute atomic E-state index is 0.000941. The van der Waals surface area contributed by atoms with Crippen molar-refractivity contribution < 1.29 is 19.6 Å². The summed E-state index contributed by atoms with van der Waals surface area (Å²) < 4.78 is 0. The molecule has 1 rings (SSSR count). The molecule has 1 aromatic carbocycles. The number of hydrogen-bond donors (Lipinski definition) is 3. The van der Waals surface area contributed by atoms with Crippen molar-refractivity contribution in [1.29, 1.82) is 0 Å². The number of aromatic carboxylic acids is 1. The summed E-state index contributed by atoms with van der Waals surface area (Å²) in [5, 5.41) is 22.6. The first-order valence-corrected chi connectivity index (χ1v) is 6.19. The fraction of sp³-hybridized carbons (Fsp3) is 0.333. The highest BCUT2D eigenvalue weighted by atomic mass is 35.5. The number of nitrogens with one attached hydrogen (secondary N) is 1. The molecule has 0 unspecified atom stereocenters. The minimum Gasteiger partial charge on any atom is -0.478 e. The van der Waals surface area contributed by atoms with E-state index in [1.807, 2.05) is 0 Å². The smallest absolute Gasteiger partial charge is 0.338 e. The van der Waals surface area contributed by atoms with Crippen molar-refractivity contribution >= 4 is 34.9 Å². The second-order valence-corrected chi connectivity index (χ2v) is 5.47. The van der Waals surface area contributed by atoms with Crippen molar-refractivity contribution in [3.8, 4) is 0 Å². The van der Waals surface area contributed by atoms with Crippen LogP contribution in [0.15, 0.2) is 12.1 Å². The topological polar surface area (TPSA) is 136 Å². The number of carbonyl (C=O) groups excluding carboxylic acids is 1. The Morgan fingerprint density at radius 3 is 2.48 bits per heavy atom. The Balaban J connectivity index is 3.32. The Bertz CT molecular complexity index is 615. The molecule has 4 N–H and O–H groups in total. The van der Waals surface area contributed by atoms with Gasteiger partial charge in [-0.2, -0.15) is 0 Å². The molecule has 0 aliphatic heterocycles. The van der Waals surface area contributed by atoms with E-state index < -0.39 is 28.0 Å². The second kappa shape index (κ2) is 5.96. The van der Waals surface area contributed by atoms with Gasteiger partial charge in [0.25, 0.3) is 5.69 Å². The molecule has 0 aromatic heterocycles. The molecule has 1 amide bonds. The highest BCUT2D eigenvalue weighted by molar-refractivity contribution is 6.34. The first-order chi connectivity index (χ1) is 9.53. The molecule has 0 radical (unpaired) electrons. The zero-order chi connectivity index (χ0) is 16.4. The number of anilines is 1. The van der Waals surface area contributed by atoms with E-state index in [-0.39, 0.29) is 22.7 Å². The molecule has 0 atom stereocenters. The zero-order valence-electron chi connectivity index (χ0n) is 11.3. The van der Waals surface area contributed by atoms with Crippen LogP contribution in [0.4, 0.5) is 11.4 Å². The number of nitrogens with zero attached hydrogens (tertiary/aromatic N) is 1. The van der Waals surface area contributed by atoms with E-state index in [9.17, 15) is 19.7 Å². The average Bonchev–Trinajstić information content (AvgIpc) is 2.28. The van der Waals surface area contributed by atoms with Crippen molar-refractivity contribution in [2.24, 2.45) is 5.73 Å². The number of amides is 1. The molecule has 8 nitrogen and oxygen atoms in total. The first-order valence-electron chi connectivity index (χ1n) is 5.81. The van der Waals surface area contributed by atoms with Crippen molar-refractivity contribution in [3.05, 3.63) is 32.8 Å². The maximum absolute atomic E-state index is 11.2. The van der Waals surface area contributed by atoms with Gasteiger partial charge in [0.15, 0.2) is 0 Å². The number of carbonyl (C=O) groups is 2. The summed E-state index contributed by atoms with van der Waals surface area (Å²) in [6.45, 7) is 3.25. The number of benzene rings is 1. The van der Waals surface area contributed by atoms with Gasteiger partial charge in [-0.1, -0.05) is 11.6 Å². The monoisotopic (exact) mass is 315 g/mol. The predicted octanol–water partition coefficient (Wildman–Crippen LogP) is 2.01. The lowest BCUT2D eigenvalue weighted by molar-refractivity contribution is -0.384. The number of nitro benzene ring substituents is 1. The number of nitro groups is 1. The Kier molecular flexibility index (Phi) is 4.74. The van der Waals surface area contributed by atoms with E-state index in [0.29, 0.717) is 0 Å². The molecule has 0 saturated carbocycles. The van der Waals surface area contributed by atoms with Gasteiger partial charge in [-0.05, 0) is 13.8 Å². The van der Waals surface area contributed by atoms with Crippen LogP contribution in [0, 0.1) is 10.1 Å². The third kappa shape index (κ3) is 4.32. The number of carboxylic acid groups (broad SMARTS) is 1. The van der Waals surface area contributed by atoms with E-state index in [4.69, 9.17) is 22.4 Å². The largest absolute Gasteiger partial charge is 0.478 e. The quantitative estimate of drug-likeness (QED) is 0.542. The average molecular weight is 316 g/mol. The molecule has 0 aliphatic carbocycles. The highest BCUT2D eigenvalue weighted by Crippen LogP contribution is 2.33. The van der Waals surface area contributed by atoms with Crippen molar-refractivity contribution in [2.45, 2.75) is 25.8 Å². The fourth-order valence-corrected chi connectivity index (χ4v) is 2.07. The van der Waals surface area contributed by atoms with Crippen LogP contribution in [0.5, 0.6) is 0 Å². The summed E-state index contributed by atoms with van der Waals surface area (Å²) in [6.07, 6.45) is -0.0701. The second-order valence-electron chi connectivity index (χ2n) is 5.06. The Morgan fingerprint density at radius 2 is 2.05 bits per heavy atom. The Hall–Kier alpha value is -2.35. The van der Waals surface area contributed by atoms with Crippen LogP contribution in [-0.2, 0) is 4.79 Å². The number of nitrogens with two attached hydrogens (primary N) is 1. The molecular formula is C12H14ClN3O5. The number of carboxylic acids is 1. The molecule has 114 valence electrons. The van der Waals surface area contributed by atoms with Crippen molar-refractivity contribution in [3.63, 3.8) is 0 Å². The molecule has 0 bridgehead atoms. The van der Waals surface area contributed by atoms with Crippen LogP contribution in [0.25, 0.3) is 0 Å². The molecule has 0 saturated heterocycles. The van der Waals surface area contributed by atoms with Crippen LogP contribution in [-0.4, -0.2) is 27.4 Å². The lowest BCUT2D eigenvalue weighted by atomic mass is 9.98. The number of halogens is 1. The highest BCUT2D eigenvalue weighted by Gasteiger charge is 2.26.